The zero-order valence-electron chi connectivity index (χ0n) is 16.9. The summed E-state index contributed by atoms with van der Waals surface area (Å²) < 4.78 is 30.8. The van der Waals surface area contributed by atoms with Gasteiger partial charge in [0.15, 0.2) is 14.6 Å². The Hall–Kier alpha value is -2.78. The average Bonchev–Trinajstić information content (AvgIpc) is 3.03. The van der Waals surface area contributed by atoms with Crippen LogP contribution in [0.1, 0.15) is 29.8 Å². The van der Waals surface area contributed by atoms with E-state index in [0.717, 1.165) is 28.5 Å². The number of aromatic nitrogens is 1. The highest BCUT2D eigenvalue weighted by Crippen LogP contribution is 2.20. The van der Waals surface area contributed by atoms with Crippen molar-refractivity contribution in [1.29, 1.82) is 0 Å². The summed E-state index contributed by atoms with van der Waals surface area (Å²) in [5, 5.41) is 0. The molecule has 30 heavy (non-hydrogen) atoms. The van der Waals surface area contributed by atoms with Crippen LogP contribution < -0.4 is 4.80 Å². The molecule has 1 amide bonds. The first-order chi connectivity index (χ1) is 14.2. The van der Waals surface area contributed by atoms with Crippen molar-refractivity contribution in [3.05, 3.63) is 58.4 Å². The SMILES string of the molecule is CCOC(=O)Cn1c(=NC(=O)c2ccc(S(C)(=O)=O)cc2)sc2cc(CC)ccc21. The first-order valence-electron chi connectivity index (χ1n) is 9.40. The van der Waals surface area contributed by atoms with Crippen LogP contribution in [0.3, 0.4) is 0 Å². The van der Waals surface area contributed by atoms with Gasteiger partial charge in [0.05, 0.1) is 21.7 Å². The molecule has 0 atom stereocenters. The topological polar surface area (TPSA) is 94.8 Å². The van der Waals surface area contributed by atoms with Crippen molar-refractivity contribution in [3.63, 3.8) is 0 Å². The molecule has 0 aliphatic rings. The summed E-state index contributed by atoms with van der Waals surface area (Å²) >= 11 is 1.32. The lowest BCUT2D eigenvalue weighted by Crippen LogP contribution is -2.23. The molecule has 9 heteroatoms. The number of nitrogens with zero attached hydrogens (tertiary/aromatic N) is 2. The highest BCUT2D eigenvalue weighted by Gasteiger charge is 2.14. The number of amides is 1. The smallest absolute Gasteiger partial charge is 0.326 e. The number of hydrogen-bond donors (Lipinski definition) is 0. The molecule has 0 saturated heterocycles. The van der Waals surface area contributed by atoms with Crippen LogP contribution >= 0.6 is 11.3 Å². The predicted molar refractivity (Wildman–Crippen MR) is 115 cm³/mol. The summed E-state index contributed by atoms with van der Waals surface area (Å²) in [5.74, 6) is -0.932. The lowest BCUT2D eigenvalue weighted by atomic mass is 10.2. The molecule has 0 saturated carbocycles. The average molecular weight is 447 g/mol. The molecular weight excluding hydrogens is 424 g/mol. The molecule has 0 bridgehead atoms. The van der Waals surface area contributed by atoms with Gasteiger partial charge >= 0.3 is 5.97 Å². The van der Waals surface area contributed by atoms with Gasteiger partial charge in [0.1, 0.15) is 6.54 Å². The third-order valence-corrected chi connectivity index (χ3v) is 6.64. The van der Waals surface area contributed by atoms with E-state index in [4.69, 9.17) is 4.74 Å². The maximum absolute atomic E-state index is 12.7. The summed E-state index contributed by atoms with van der Waals surface area (Å²) in [7, 11) is -3.35. The van der Waals surface area contributed by atoms with Gasteiger partial charge < -0.3 is 9.30 Å². The van der Waals surface area contributed by atoms with Crippen molar-refractivity contribution in [2.24, 2.45) is 4.99 Å². The second-order valence-electron chi connectivity index (χ2n) is 6.64. The van der Waals surface area contributed by atoms with E-state index in [1.165, 1.54) is 35.6 Å². The van der Waals surface area contributed by atoms with Gasteiger partial charge in [-0.05, 0) is 55.3 Å². The van der Waals surface area contributed by atoms with E-state index in [2.05, 4.69) is 11.9 Å². The van der Waals surface area contributed by atoms with Crippen molar-refractivity contribution in [2.45, 2.75) is 31.7 Å². The van der Waals surface area contributed by atoms with Crippen LogP contribution in [0.4, 0.5) is 0 Å². The monoisotopic (exact) mass is 446 g/mol. The molecule has 0 unspecified atom stereocenters. The molecule has 0 aliphatic heterocycles. The Balaban J connectivity index is 2.07. The maximum atomic E-state index is 12.7. The normalized spacial score (nSPS) is 12.3. The van der Waals surface area contributed by atoms with E-state index in [1.54, 1.807) is 11.5 Å². The Morgan fingerprint density at radius 2 is 1.80 bits per heavy atom. The number of esters is 1. The largest absolute Gasteiger partial charge is 0.465 e. The van der Waals surface area contributed by atoms with Crippen molar-refractivity contribution >= 4 is 43.3 Å². The highest BCUT2D eigenvalue weighted by atomic mass is 32.2. The van der Waals surface area contributed by atoms with Gasteiger partial charge in [-0.1, -0.05) is 24.3 Å². The Bertz CT molecular complexity index is 1270. The van der Waals surface area contributed by atoms with Crippen molar-refractivity contribution in [1.82, 2.24) is 4.57 Å². The Morgan fingerprint density at radius 1 is 1.10 bits per heavy atom. The summed E-state index contributed by atoms with van der Waals surface area (Å²) in [5.41, 5.74) is 2.20. The van der Waals surface area contributed by atoms with Crippen LogP contribution in [0, 0.1) is 0 Å². The molecule has 0 radical (unpaired) electrons. The van der Waals surface area contributed by atoms with Crippen molar-refractivity contribution in [2.75, 3.05) is 12.9 Å². The standard InChI is InChI=1S/C21H22N2O5S2/c1-4-14-6-11-17-18(12-14)29-21(23(17)13-19(24)28-5-2)22-20(25)15-7-9-16(10-8-15)30(3,26)27/h6-12H,4-5,13H2,1-3H3. The lowest BCUT2D eigenvalue weighted by Gasteiger charge is -2.05. The molecule has 0 spiro atoms. The lowest BCUT2D eigenvalue weighted by molar-refractivity contribution is -0.143. The third kappa shape index (κ3) is 4.85. The Kier molecular flexibility index (Phi) is 6.52. The molecule has 158 valence electrons. The molecule has 1 heterocycles. The molecule has 0 aliphatic carbocycles. The van der Waals surface area contributed by atoms with Crippen LogP contribution in [0.25, 0.3) is 10.2 Å². The van der Waals surface area contributed by atoms with Gasteiger partial charge in [-0.2, -0.15) is 4.99 Å². The highest BCUT2D eigenvalue weighted by molar-refractivity contribution is 7.90. The van der Waals surface area contributed by atoms with Crippen LogP contribution in [0.2, 0.25) is 0 Å². The number of sulfone groups is 1. The van der Waals surface area contributed by atoms with Gasteiger partial charge in [0.2, 0.25) is 0 Å². The second kappa shape index (κ2) is 8.93. The van der Waals surface area contributed by atoms with Gasteiger partial charge in [-0.15, -0.1) is 0 Å². The van der Waals surface area contributed by atoms with Crippen LogP contribution in [-0.2, 0) is 32.3 Å². The van der Waals surface area contributed by atoms with Gasteiger partial charge in [0.25, 0.3) is 5.91 Å². The van der Waals surface area contributed by atoms with Crippen LogP contribution in [0.5, 0.6) is 0 Å². The second-order valence-corrected chi connectivity index (χ2v) is 9.67. The number of hydrogen-bond acceptors (Lipinski definition) is 6. The third-order valence-electron chi connectivity index (χ3n) is 4.47. The van der Waals surface area contributed by atoms with E-state index in [9.17, 15) is 18.0 Å². The van der Waals surface area contributed by atoms with Crippen LogP contribution in [0.15, 0.2) is 52.4 Å². The minimum absolute atomic E-state index is 0.0571. The van der Waals surface area contributed by atoms with Gasteiger partial charge in [-0.3, -0.25) is 9.59 Å². The molecular formula is C21H22N2O5S2. The molecule has 7 nitrogen and oxygen atoms in total. The summed E-state index contributed by atoms with van der Waals surface area (Å²) in [6.07, 6.45) is 1.97. The number of ether oxygens (including phenoxy) is 1. The molecule has 3 rings (SSSR count). The zero-order valence-corrected chi connectivity index (χ0v) is 18.5. The number of carbonyl (C=O) groups is 2. The number of carbonyl (C=O) groups excluding carboxylic acids is 2. The van der Waals surface area contributed by atoms with Crippen molar-refractivity contribution < 1.29 is 22.7 Å². The fourth-order valence-corrected chi connectivity index (χ4v) is 4.63. The van der Waals surface area contributed by atoms with E-state index >= 15 is 0 Å². The van der Waals surface area contributed by atoms with E-state index < -0.39 is 21.7 Å². The molecule has 0 fully saturated rings. The van der Waals surface area contributed by atoms with E-state index in [0.29, 0.717) is 4.80 Å². The van der Waals surface area contributed by atoms with Gasteiger partial charge in [0, 0.05) is 11.8 Å². The van der Waals surface area contributed by atoms with Gasteiger partial charge in [-0.25, -0.2) is 8.42 Å². The number of aryl methyl sites for hydroxylation is 1. The molecule has 0 N–H and O–H groups in total. The quantitative estimate of drug-likeness (QED) is 0.543. The van der Waals surface area contributed by atoms with Crippen molar-refractivity contribution in [3.8, 4) is 0 Å². The fourth-order valence-electron chi connectivity index (χ4n) is 2.91. The Labute approximate surface area is 178 Å². The summed E-state index contributed by atoms with van der Waals surface area (Å²) in [6, 6.07) is 11.5. The summed E-state index contributed by atoms with van der Waals surface area (Å²) in [6.45, 7) is 3.99. The van der Waals surface area contributed by atoms with E-state index in [1.807, 2.05) is 18.2 Å². The minimum atomic E-state index is -3.35. The number of benzene rings is 2. The first kappa shape index (κ1) is 21.9. The Morgan fingerprint density at radius 3 is 2.40 bits per heavy atom. The number of rotatable bonds is 6. The van der Waals surface area contributed by atoms with E-state index in [-0.39, 0.29) is 23.6 Å². The molecule has 1 aromatic heterocycles. The molecule has 3 aromatic rings. The summed E-state index contributed by atoms with van der Waals surface area (Å²) in [4.78, 5) is 29.5. The zero-order chi connectivity index (χ0) is 21.9. The number of thiazole rings is 1. The predicted octanol–water partition coefficient (Wildman–Crippen LogP) is 2.97. The maximum Gasteiger partial charge on any atom is 0.326 e. The van der Waals surface area contributed by atoms with Crippen LogP contribution in [-0.4, -0.2) is 37.7 Å². The minimum Gasteiger partial charge on any atom is -0.465 e. The fraction of sp³-hybridized carbons (Fsp3) is 0.286. The molecule has 2 aromatic carbocycles. The first-order valence-corrected chi connectivity index (χ1v) is 12.1. The number of fused-ring (bicyclic) bond motifs is 1.